The van der Waals surface area contributed by atoms with E-state index in [0.717, 1.165) is 31.2 Å². The van der Waals surface area contributed by atoms with E-state index in [0.29, 0.717) is 38.0 Å². The van der Waals surface area contributed by atoms with Crippen LogP contribution < -0.4 is 0 Å². The lowest BCUT2D eigenvalue weighted by atomic mass is 9.90. The molecular formula is C19H23N5O3. The van der Waals surface area contributed by atoms with Gasteiger partial charge in [0.2, 0.25) is 11.7 Å². The molecule has 2 bridgehead atoms. The van der Waals surface area contributed by atoms with E-state index in [4.69, 9.17) is 9.26 Å². The minimum atomic E-state index is 0.172. The Morgan fingerprint density at radius 3 is 2.63 bits per heavy atom. The number of nitrogens with zero attached hydrogens (tertiary/aromatic N) is 5. The van der Waals surface area contributed by atoms with Crippen LogP contribution >= 0.6 is 0 Å². The summed E-state index contributed by atoms with van der Waals surface area (Å²) in [6, 6.07) is 4.48. The van der Waals surface area contributed by atoms with E-state index in [1.54, 1.807) is 12.4 Å². The molecule has 2 aromatic rings. The van der Waals surface area contributed by atoms with Crippen molar-refractivity contribution in [3.8, 4) is 11.4 Å². The number of aromatic nitrogens is 3. The molecule has 3 atom stereocenters. The monoisotopic (exact) mass is 369 g/mol. The van der Waals surface area contributed by atoms with Crippen molar-refractivity contribution >= 4 is 6.03 Å². The highest BCUT2D eigenvalue weighted by molar-refractivity contribution is 5.76. The van der Waals surface area contributed by atoms with Crippen LogP contribution in [0.5, 0.6) is 0 Å². The zero-order chi connectivity index (χ0) is 18.2. The second kappa shape index (κ2) is 6.92. The molecule has 3 saturated heterocycles. The SMILES string of the molecule is O=C(N1CCOCC1)N1[C@@H]2CC[C@H]1CC(c1nc(-c3cccnc3)no1)C2. The van der Waals surface area contributed by atoms with Crippen molar-refractivity contribution in [2.45, 2.75) is 43.7 Å². The molecule has 0 radical (unpaired) electrons. The lowest BCUT2D eigenvalue weighted by Crippen LogP contribution is -2.54. The molecule has 0 saturated carbocycles. The highest BCUT2D eigenvalue weighted by Crippen LogP contribution is 2.43. The highest BCUT2D eigenvalue weighted by Gasteiger charge is 2.46. The average molecular weight is 369 g/mol. The zero-order valence-electron chi connectivity index (χ0n) is 15.2. The molecule has 2 aromatic heterocycles. The van der Waals surface area contributed by atoms with Gasteiger partial charge in [-0.25, -0.2) is 4.79 Å². The van der Waals surface area contributed by atoms with Gasteiger partial charge in [0.05, 0.1) is 13.2 Å². The quantitative estimate of drug-likeness (QED) is 0.807. The van der Waals surface area contributed by atoms with E-state index >= 15 is 0 Å². The smallest absolute Gasteiger partial charge is 0.320 e. The van der Waals surface area contributed by atoms with Crippen LogP contribution in [0.25, 0.3) is 11.4 Å². The summed E-state index contributed by atoms with van der Waals surface area (Å²) in [4.78, 5) is 25.8. The third-order valence-corrected chi connectivity index (χ3v) is 5.95. The number of hydrogen-bond acceptors (Lipinski definition) is 6. The summed E-state index contributed by atoms with van der Waals surface area (Å²) in [6.45, 7) is 2.65. The predicted octanol–water partition coefficient (Wildman–Crippen LogP) is 2.29. The van der Waals surface area contributed by atoms with Gasteiger partial charge in [0.15, 0.2) is 0 Å². The number of pyridine rings is 1. The number of piperidine rings is 1. The Morgan fingerprint density at radius 1 is 1.15 bits per heavy atom. The Morgan fingerprint density at radius 2 is 1.93 bits per heavy atom. The molecule has 8 heteroatoms. The molecule has 2 amide bonds. The molecule has 142 valence electrons. The minimum Gasteiger partial charge on any atom is -0.378 e. The summed E-state index contributed by atoms with van der Waals surface area (Å²) in [5.74, 6) is 1.48. The summed E-state index contributed by atoms with van der Waals surface area (Å²) >= 11 is 0. The van der Waals surface area contributed by atoms with Gasteiger partial charge < -0.3 is 19.1 Å². The normalized spacial score (nSPS) is 27.8. The number of rotatable bonds is 2. The molecule has 8 nitrogen and oxygen atoms in total. The fourth-order valence-corrected chi connectivity index (χ4v) is 4.62. The van der Waals surface area contributed by atoms with E-state index in [1.165, 1.54) is 0 Å². The van der Waals surface area contributed by atoms with Crippen LogP contribution in [0.4, 0.5) is 4.79 Å². The zero-order valence-corrected chi connectivity index (χ0v) is 15.2. The van der Waals surface area contributed by atoms with Crippen LogP contribution in [0.3, 0.4) is 0 Å². The molecular weight excluding hydrogens is 346 g/mol. The molecule has 0 spiro atoms. The number of amides is 2. The maximum absolute atomic E-state index is 13.0. The Kier molecular flexibility index (Phi) is 4.27. The van der Waals surface area contributed by atoms with Crippen LogP contribution in [0.1, 0.15) is 37.5 Å². The first-order valence-corrected chi connectivity index (χ1v) is 9.68. The van der Waals surface area contributed by atoms with Crippen molar-refractivity contribution in [1.82, 2.24) is 24.9 Å². The summed E-state index contributed by atoms with van der Waals surface area (Å²) in [6.07, 6.45) is 7.36. The standard InChI is InChI=1S/C19H23N5O3/c25-19(23-6-8-26-9-7-23)24-15-3-4-16(24)11-14(10-15)18-21-17(22-27-18)13-2-1-5-20-12-13/h1-2,5,12,14-16H,3-4,6-11H2/t14?,15-,16+. The fraction of sp³-hybridized carbons (Fsp3) is 0.579. The van der Waals surface area contributed by atoms with Crippen molar-refractivity contribution in [3.63, 3.8) is 0 Å². The summed E-state index contributed by atoms with van der Waals surface area (Å²) in [5, 5.41) is 4.13. The number of hydrogen-bond donors (Lipinski definition) is 0. The maximum atomic E-state index is 13.0. The van der Waals surface area contributed by atoms with Gasteiger partial charge in [0.1, 0.15) is 0 Å². The van der Waals surface area contributed by atoms with Crippen molar-refractivity contribution in [3.05, 3.63) is 30.4 Å². The number of ether oxygens (including phenoxy) is 1. The van der Waals surface area contributed by atoms with Crippen LogP contribution in [0.15, 0.2) is 29.0 Å². The van der Waals surface area contributed by atoms with Crippen molar-refractivity contribution in [2.75, 3.05) is 26.3 Å². The van der Waals surface area contributed by atoms with E-state index in [2.05, 4.69) is 20.0 Å². The predicted molar refractivity (Wildman–Crippen MR) is 95.9 cm³/mol. The van der Waals surface area contributed by atoms with Crippen LogP contribution in [-0.2, 0) is 4.74 Å². The first-order valence-electron chi connectivity index (χ1n) is 9.68. The third-order valence-electron chi connectivity index (χ3n) is 5.95. The van der Waals surface area contributed by atoms with Gasteiger partial charge in [-0.1, -0.05) is 5.16 Å². The molecule has 0 aromatic carbocycles. The molecule has 3 aliphatic rings. The maximum Gasteiger partial charge on any atom is 0.320 e. The van der Waals surface area contributed by atoms with Gasteiger partial charge in [0.25, 0.3) is 0 Å². The molecule has 5 rings (SSSR count). The van der Waals surface area contributed by atoms with E-state index in [1.807, 2.05) is 17.0 Å². The van der Waals surface area contributed by atoms with E-state index in [9.17, 15) is 4.79 Å². The first kappa shape index (κ1) is 16.7. The first-order chi connectivity index (χ1) is 13.3. The fourth-order valence-electron chi connectivity index (χ4n) is 4.62. The van der Waals surface area contributed by atoms with E-state index in [-0.39, 0.29) is 24.0 Å². The molecule has 27 heavy (non-hydrogen) atoms. The third kappa shape index (κ3) is 3.07. The molecule has 3 fully saturated rings. The van der Waals surface area contributed by atoms with Gasteiger partial charge in [-0.2, -0.15) is 4.98 Å². The summed E-state index contributed by atoms with van der Waals surface area (Å²) < 4.78 is 11.0. The number of carbonyl (C=O) groups is 1. The number of morpholine rings is 1. The number of carbonyl (C=O) groups excluding carboxylic acids is 1. The molecule has 3 aliphatic heterocycles. The van der Waals surface area contributed by atoms with Crippen molar-refractivity contribution in [1.29, 1.82) is 0 Å². The molecule has 0 N–H and O–H groups in total. The second-order valence-electron chi connectivity index (χ2n) is 7.54. The Labute approximate surface area is 157 Å². The molecule has 0 aliphatic carbocycles. The van der Waals surface area contributed by atoms with Crippen molar-refractivity contribution < 1.29 is 14.1 Å². The van der Waals surface area contributed by atoms with Gasteiger partial charge in [-0.05, 0) is 37.8 Å². The lowest BCUT2D eigenvalue weighted by molar-refractivity contribution is 0.0323. The minimum absolute atomic E-state index is 0.172. The topological polar surface area (TPSA) is 84.6 Å². The van der Waals surface area contributed by atoms with Gasteiger partial charge >= 0.3 is 6.03 Å². The molecule has 1 unspecified atom stereocenters. The van der Waals surface area contributed by atoms with Gasteiger partial charge in [-0.15, -0.1) is 0 Å². The Hall–Kier alpha value is -2.48. The van der Waals surface area contributed by atoms with E-state index < -0.39 is 0 Å². The second-order valence-corrected chi connectivity index (χ2v) is 7.54. The lowest BCUT2D eigenvalue weighted by Gasteiger charge is -2.41. The molecule has 5 heterocycles. The van der Waals surface area contributed by atoms with Crippen LogP contribution in [0, 0.1) is 0 Å². The number of fused-ring (bicyclic) bond motifs is 2. The largest absolute Gasteiger partial charge is 0.378 e. The Balaban J connectivity index is 1.30. The van der Waals surface area contributed by atoms with Crippen LogP contribution in [-0.4, -0.2) is 69.3 Å². The van der Waals surface area contributed by atoms with Gasteiger partial charge in [-0.3, -0.25) is 4.98 Å². The Bertz CT molecular complexity index is 791. The number of urea groups is 1. The summed E-state index contributed by atoms with van der Waals surface area (Å²) in [5.41, 5.74) is 0.857. The van der Waals surface area contributed by atoms with Gasteiger partial charge in [0, 0.05) is 49.0 Å². The van der Waals surface area contributed by atoms with Crippen LogP contribution in [0.2, 0.25) is 0 Å². The van der Waals surface area contributed by atoms with Crippen molar-refractivity contribution in [2.24, 2.45) is 0 Å². The average Bonchev–Trinajstić information content (AvgIpc) is 3.32. The summed E-state index contributed by atoms with van der Waals surface area (Å²) in [7, 11) is 0. The highest BCUT2D eigenvalue weighted by atomic mass is 16.5.